The standard InChI is InChI=1S/C15H18ClF3N2O5S/c1-9(22)20-6-3-7-27(25,26)10-4-5-12(11(16)8-10)21-13(23)14(2,24)15(17,18)19/h4-5,8,24H,3,6-7H2,1-2H3,(H,20,22)(H,21,23)/t14-/m1/s1. The van der Waals surface area contributed by atoms with Gasteiger partial charge in [0.15, 0.2) is 9.84 Å². The summed E-state index contributed by atoms with van der Waals surface area (Å²) in [5.74, 6) is -2.36. The minimum atomic E-state index is -5.21. The molecule has 27 heavy (non-hydrogen) atoms. The van der Waals surface area contributed by atoms with Gasteiger partial charge in [-0.05, 0) is 31.5 Å². The molecule has 0 aliphatic heterocycles. The van der Waals surface area contributed by atoms with Crippen LogP contribution in [0.1, 0.15) is 20.3 Å². The monoisotopic (exact) mass is 430 g/mol. The first kappa shape index (κ1) is 23.2. The normalized spacial score (nSPS) is 14.3. The third-order valence-corrected chi connectivity index (χ3v) is 5.62. The van der Waals surface area contributed by atoms with Gasteiger partial charge in [-0.25, -0.2) is 8.42 Å². The van der Waals surface area contributed by atoms with E-state index in [0.717, 1.165) is 18.2 Å². The molecule has 0 saturated carbocycles. The number of sulfone groups is 1. The summed E-state index contributed by atoms with van der Waals surface area (Å²) < 4.78 is 62.4. The molecule has 0 saturated heterocycles. The summed E-state index contributed by atoms with van der Waals surface area (Å²) in [5.41, 5.74) is -3.94. The maximum atomic E-state index is 12.7. The van der Waals surface area contributed by atoms with E-state index in [2.05, 4.69) is 5.32 Å². The average molecular weight is 431 g/mol. The largest absolute Gasteiger partial charge is 0.426 e. The summed E-state index contributed by atoms with van der Waals surface area (Å²) in [6.07, 6.45) is -5.06. The van der Waals surface area contributed by atoms with Crippen LogP contribution in [0.5, 0.6) is 0 Å². The molecular weight excluding hydrogens is 413 g/mol. The SMILES string of the molecule is CC(=O)NCCCS(=O)(=O)c1ccc(NC(=O)[C@@](C)(O)C(F)(F)F)c(Cl)c1. The number of benzene rings is 1. The third kappa shape index (κ3) is 6.08. The Morgan fingerprint density at radius 1 is 1.26 bits per heavy atom. The molecule has 0 aliphatic carbocycles. The molecule has 2 amide bonds. The Bertz CT molecular complexity index is 825. The highest BCUT2D eigenvalue weighted by Crippen LogP contribution is 2.32. The summed E-state index contributed by atoms with van der Waals surface area (Å²) in [5, 5.41) is 13.3. The highest BCUT2D eigenvalue weighted by molar-refractivity contribution is 7.91. The molecule has 0 radical (unpaired) electrons. The molecular formula is C15H18ClF3N2O5S. The van der Waals surface area contributed by atoms with Crippen molar-refractivity contribution in [3.8, 4) is 0 Å². The van der Waals surface area contributed by atoms with Crippen LogP contribution in [-0.2, 0) is 19.4 Å². The van der Waals surface area contributed by atoms with Crippen LogP contribution in [0, 0.1) is 0 Å². The van der Waals surface area contributed by atoms with E-state index >= 15 is 0 Å². The van der Waals surface area contributed by atoms with Gasteiger partial charge in [-0.1, -0.05) is 11.6 Å². The molecule has 12 heteroatoms. The van der Waals surface area contributed by atoms with Gasteiger partial charge in [-0.2, -0.15) is 13.2 Å². The topological polar surface area (TPSA) is 113 Å². The van der Waals surface area contributed by atoms with E-state index in [9.17, 15) is 36.3 Å². The molecule has 1 aromatic rings. The van der Waals surface area contributed by atoms with Crippen molar-refractivity contribution in [1.29, 1.82) is 0 Å². The first-order valence-electron chi connectivity index (χ1n) is 7.56. The summed E-state index contributed by atoms with van der Waals surface area (Å²) in [6, 6.07) is 3.07. The van der Waals surface area contributed by atoms with Gasteiger partial charge in [0, 0.05) is 13.5 Å². The van der Waals surface area contributed by atoms with Crippen molar-refractivity contribution in [3.05, 3.63) is 23.2 Å². The Morgan fingerprint density at radius 3 is 2.33 bits per heavy atom. The molecule has 1 aromatic carbocycles. The van der Waals surface area contributed by atoms with Gasteiger partial charge in [-0.3, -0.25) is 9.59 Å². The van der Waals surface area contributed by atoms with Crippen molar-refractivity contribution >= 4 is 38.9 Å². The molecule has 0 bridgehead atoms. The highest BCUT2D eigenvalue weighted by atomic mass is 35.5. The zero-order valence-corrected chi connectivity index (χ0v) is 15.9. The lowest BCUT2D eigenvalue weighted by Gasteiger charge is -2.25. The van der Waals surface area contributed by atoms with E-state index in [0.29, 0.717) is 0 Å². The molecule has 7 nitrogen and oxygen atoms in total. The van der Waals surface area contributed by atoms with Gasteiger partial charge in [0.1, 0.15) is 0 Å². The fraction of sp³-hybridized carbons (Fsp3) is 0.467. The number of carbonyl (C=O) groups excluding carboxylic acids is 2. The first-order valence-corrected chi connectivity index (χ1v) is 9.59. The quantitative estimate of drug-likeness (QED) is 0.572. The molecule has 152 valence electrons. The minimum Gasteiger partial charge on any atom is -0.373 e. The van der Waals surface area contributed by atoms with Crippen LogP contribution in [-0.4, -0.2) is 49.4 Å². The Balaban J connectivity index is 2.90. The number of hydrogen-bond donors (Lipinski definition) is 3. The predicted octanol–water partition coefficient (Wildman–Crippen LogP) is 1.89. The number of aliphatic hydroxyl groups is 1. The fourth-order valence-corrected chi connectivity index (χ4v) is 3.43. The lowest BCUT2D eigenvalue weighted by Crippen LogP contribution is -2.52. The van der Waals surface area contributed by atoms with E-state index in [1.54, 1.807) is 0 Å². The second-order valence-corrected chi connectivity index (χ2v) is 8.34. The van der Waals surface area contributed by atoms with Gasteiger partial charge in [-0.15, -0.1) is 0 Å². The van der Waals surface area contributed by atoms with Crippen molar-refractivity contribution in [2.24, 2.45) is 0 Å². The smallest absolute Gasteiger partial charge is 0.373 e. The highest BCUT2D eigenvalue weighted by Gasteiger charge is 2.55. The molecule has 1 atom stereocenters. The number of amides is 2. The number of nitrogens with one attached hydrogen (secondary N) is 2. The lowest BCUT2D eigenvalue weighted by molar-refractivity contribution is -0.242. The number of alkyl halides is 3. The van der Waals surface area contributed by atoms with Gasteiger partial charge in [0.2, 0.25) is 11.5 Å². The molecule has 1 rings (SSSR count). The molecule has 0 aromatic heterocycles. The molecule has 3 N–H and O–H groups in total. The molecule has 0 unspecified atom stereocenters. The Kier molecular flexibility index (Phi) is 7.25. The zero-order chi connectivity index (χ0) is 21.0. The maximum Gasteiger partial charge on any atom is 0.426 e. The van der Waals surface area contributed by atoms with Crippen molar-refractivity contribution in [3.63, 3.8) is 0 Å². The lowest BCUT2D eigenvalue weighted by atomic mass is 10.1. The zero-order valence-electron chi connectivity index (χ0n) is 14.4. The van der Waals surface area contributed by atoms with Crippen LogP contribution in [0.2, 0.25) is 5.02 Å². The molecule has 0 heterocycles. The number of hydrogen-bond acceptors (Lipinski definition) is 5. The van der Waals surface area contributed by atoms with Crippen molar-refractivity contribution in [2.45, 2.75) is 36.9 Å². The molecule has 0 fully saturated rings. The van der Waals surface area contributed by atoms with Gasteiger partial charge in [0.25, 0.3) is 5.91 Å². The third-order valence-electron chi connectivity index (χ3n) is 3.51. The molecule has 0 spiro atoms. The van der Waals surface area contributed by atoms with Crippen molar-refractivity contribution in [1.82, 2.24) is 5.32 Å². The molecule has 0 aliphatic rings. The van der Waals surface area contributed by atoms with E-state index in [4.69, 9.17) is 11.6 Å². The van der Waals surface area contributed by atoms with E-state index in [-0.39, 0.29) is 47.2 Å². The van der Waals surface area contributed by atoms with Crippen LogP contribution in [0.3, 0.4) is 0 Å². The summed E-state index contributed by atoms with van der Waals surface area (Å²) >= 11 is 5.85. The first-order chi connectivity index (χ1) is 12.2. The summed E-state index contributed by atoms with van der Waals surface area (Å²) in [4.78, 5) is 22.2. The Morgan fingerprint density at radius 2 is 1.85 bits per heavy atom. The Labute approximate surface area is 158 Å². The second kappa shape index (κ2) is 8.44. The maximum absolute atomic E-state index is 12.7. The van der Waals surface area contributed by atoms with Crippen LogP contribution in [0.4, 0.5) is 18.9 Å². The van der Waals surface area contributed by atoms with Crippen LogP contribution in [0.15, 0.2) is 23.1 Å². The second-order valence-electron chi connectivity index (χ2n) is 5.82. The van der Waals surface area contributed by atoms with Crippen LogP contribution < -0.4 is 10.6 Å². The van der Waals surface area contributed by atoms with Crippen molar-refractivity contribution < 1.29 is 36.3 Å². The number of rotatable bonds is 7. The van der Waals surface area contributed by atoms with Crippen molar-refractivity contribution in [2.75, 3.05) is 17.6 Å². The van der Waals surface area contributed by atoms with Crippen LogP contribution in [0.25, 0.3) is 0 Å². The Hall–Kier alpha value is -1.85. The number of anilines is 1. The van der Waals surface area contributed by atoms with E-state index in [1.807, 2.05) is 5.32 Å². The van der Waals surface area contributed by atoms with Crippen LogP contribution >= 0.6 is 11.6 Å². The minimum absolute atomic E-state index is 0.145. The summed E-state index contributed by atoms with van der Waals surface area (Å²) in [7, 11) is -3.76. The number of carbonyl (C=O) groups is 2. The summed E-state index contributed by atoms with van der Waals surface area (Å²) in [6.45, 7) is 1.73. The predicted molar refractivity (Wildman–Crippen MR) is 92.1 cm³/mol. The van der Waals surface area contributed by atoms with Gasteiger partial charge in [0.05, 0.1) is 21.4 Å². The average Bonchev–Trinajstić information content (AvgIpc) is 2.52. The fourth-order valence-electron chi connectivity index (χ4n) is 1.81. The van der Waals surface area contributed by atoms with Gasteiger partial charge >= 0.3 is 6.18 Å². The van der Waals surface area contributed by atoms with E-state index in [1.165, 1.54) is 6.92 Å². The van der Waals surface area contributed by atoms with Gasteiger partial charge < -0.3 is 15.7 Å². The number of halogens is 4. The van der Waals surface area contributed by atoms with E-state index < -0.39 is 27.5 Å².